The van der Waals surface area contributed by atoms with Gasteiger partial charge in [0.05, 0.1) is 19.4 Å². The number of rotatable bonds is 6. The lowest BCUT2D eigenvalue weighted by Gasteiger charge is -2.40. The summed E-state index contributed by atoms with van der Waals surface area (Å²) in [5.74, 6) is -0.334. The van der Waals surface area contributed by atoms with E-state index in [4.69, 9.17) is 4.42 Å². The Hall–Kier alpha value is -3.70. The summed E-state index contributed by atoms with van der Waals surface area (Å²) in [6, 6.07) is 11.5. The summed E-state index contributed by atoms with van der Waals surface area (Å²) >= 11 is 0. The summed E-state index contributed by atoms with van der Waals surface area (Å²) in [7, 11) is 0. The van der Waals surface area contributed by atoms with Crippen molar-refractivity contribution in [3.63, 3.8) is 0 Å². The molecule has 3 aliphatic heterocycles. The van der Waals surface area contributed by atoms with Crippen LogP contribution in [0.1, 0.15) is 57.8 Å². The van der Waals surface area contributed by atoms with Gasteiger partial charge in [-0.1, -0.05) is 44.2 Å². The van der Waals surface area contributed by atoms with Crippen LogP contribution in [0, 0.1) is 5.92 Å². The summed E-state index contributed by atoms with van der Waals surface area (Å²) in [4.78, 5) is 60.4. The first kappa shape index (κ1) is 32.7. The lowest BCUT2D eigenvalue weighted by molar-refractivity contribution is -0.142. The van der Waals surface area contributed by atoms with Crippen LogP contribution in [-0.4, -0.2) is 101 Å². The molecule has 3 saturated heterocycles. The summed E-state index contributed by atoms with van der Waals surface area (Å²) in [6.07, 6.45) is 5.19. The molecule has 4 heterocycles. The molecule has 0 radical (unpaired) electrons. The molecular weight excluding hydrogens is 572 g/mol. The smallest absolute Gasteiger partial charge is 0.245 e. The second-order valence-corrected chi connectivity index (χ2v) is 13.1. The molecule has 0 spiro atoms. The van der Waals surface area contributed by atoms with E-state index in [1.54, 1.807) is 18.1 Å². The molecule has 3 N–H and O–H groups in total. The van der Waals surface area contributed by atoms with Crippen molar-refractivity contribution in [1.29, 1.82) is 0 Å². The molecule has 1 aromatic heterocycles. The highest BCUT2D eigenvalue weighted by molar-refractivity contribution is 5.94. The van der Waals surface area contributed by atoms with Crippen molar-refractivity contribution in [3.05, 3.63) is 60.1 Å². The van der Waals surface area contributed by atoms with Gasteiger partial charge in [-0.25, -0.2) is 0 Å². The summed E-state index contributed by atoms with van der Waals surface area (Å²) in [6.45, 7) is 8.96. The summed E-state index contributed by atoms with van der Waals surface area (Å²) in [5, 5.41) is 9.15. The number of likely N-dealkylation sites (tertiary alicyclic amines) is 1. The summed E-state index contributed by atoms with van der Waals surface area (Å²) < 4.78 is 5.55. The van der Waals surface area contributed by atoms with Crippen molar-refractivity contribution in [2.75, 3.05) is 32.7 Å². The van der Waals surface area contributed by atoms with Crippen LogP contribution in [0.25, 0.3) is 0 Å². The number of fused-ring (bicyclic) bond motifs is 1. The van der Waals surface area contributed by atoms with Gasteiger partial charge in [0.1, 0.15) is 23.9 Å². The number of nitrogens with zero attached hydrogens (tertiary/aromatic N) is 3. The molecule has 11 heteroatoms. The zero-order chi connectivity index (χ0) is 31.9. The Balaban J connectivity index is 1.41. The normalized spacial score (nSPS) is 27.0. The van der Waals surface area contributed by atoms with Crippen LogP contribution in [0.2, 0.25) is 0 Å². The standard InChI is InChI=1S/C34H48N6O5/c1-23(2)31-33(43)36-26(19-25-9-5-4-6-10-25)20-39(27-13-16-38(17-14-27)21-28-11-8-18-45-28)22-30(41)35-24(3)34(44)40-15-7-12-29(40)32(42)37-31/h4-6,8-11,18,23-24,26-27,29,31H,7,12-17,19-22H2,1-3H3,(H,35,41)(H,36,43)(H,37,42)/t24-,26-,29+,31-/m0/s1. The quantitative estimate of drug-likeness (QED) is 0.451. The number of carbonyl (C=O) groups is 4. The first-order valence-electron chi connectivity index (χ1n) is 16.4. The van der Waals surface area contributed by atoms with Gasteiger partial charge < -0.3 is 25.3 Å². The van der Waals surface area contributed by atoms with Crippen molar-refractivity contribution < 1.29 is 23.6 Å². The number of hydrogen-bond acceptors (Lipinski definition) is 7. The molecule has 4 atom stereocenters. The number of piperidine rings is 1. The Labute approximate surface area is 266 Å². The average molecular weight is 621 g/mol. The van der Waals surface area contributed by atoms with Crippen molar-refractivity contribution in [1.82, 2.24) is 30.7 Å². The molecule has 5 rings (SSSR count). The Bertz CT molecular complexity index is 1290. The third kappa shape index (κ3) is 8.52. The molecule has 1 aromatic carbocycles. The van der Waals surface area contributed by atoms with Gasteiger partial charge in [0.15, 0.2) is 0 Å². The van der Waals surface area contributed by atoms with Gasteiger partial charge in [-0.15, -0.1) is 0 Å². The highest BCUT2D eigenvalue weighted by atomic mass is 16.3. The second-order valence-electron chi connectivity index (χ2n) is 13.1. The Morgan fingerprint density at radius 2 is 1.64 bits per heavy atom. The minimum atomic E-state index is -0.770. The van der Waals surface area contributed by atoms with Crippen molar-refractivity contribution >= 4 is 23.6 Å². The Kier molecular flexibility index (Phi) is 10.9. The third-order valence-corrected chi connectivity index (χ3v) is 9.34. The van der Waals surface area contributed by atoms with Crippen LogP contribution in [0.5, 0.6) is 0 Å². The van der Waals surface area contributed by atoms with Crippen molar-refractivity contribution in [3.8, 4) is 0 Å². The maximum atomic E-state index is 13.9. The van der Waals surface area contributed by atoms with Gasteiger partial charge in [0.25, 0.3) is 0 Å². The van der Waals surface area contributed by atoms with Crippen LogP contribution in [0.4, 0.5) is 0 Å². The van der Waals surface area contributed by atoms with E-state index in [1.807, 2.05) is 56.3 Å². The van der Waals surface area contributed by atoms with E-state index in [9.17, 15) is 19.2 Å². The molecule has 0 saturated carbocycles. The molecule has 0 aliphatic carbocycles. The minimum Gasteiger partial charge on any atom is -0.468 e. The SMILES string of the molecule is CC(C)[C@@H]1NC(=O)[C@H]2CCCN2C(=O)[C@H](C)NC(=O)CN(C2CCN(Cc3ccco3)CC2)C[C@H](Cc2ccccc2)NC1=O. The molecule has 11 nitrogen and oxygen atoms in total. The van der Waals surface area contributed by atoms with E-state index >= 15 is 0 Å². The zero-order valence-electron chi connectivity index (χ0n) is 26.7. The maximum Gasteiger partial charge on any atom is 0.245 e. The zero-order valence-corrected chi connectivity index (χ0v) is 26.7. The van der Waals surface area contributed by atoms with Crippen LogP contribution in [0.3, 0.4) is 0 Å². The highest BCUT2D eigenvalue weighted by Crippen LogP contribution is 2.22. The molecule has 244 valence electrons. The Morgan fingerprint density at radius 1 is 0.889 bits per heavy atom. The van der Waals surface area contributed by atoms with Gasteiger partial charge in [0.2, 0.25) is 23.6 Å². The average Bonchev–Trinajstić information content (AvgIpc) is 3.72. The van der Waals surface area contributed by atoms with Gasteiger partial charge in [-0.3, -0.25) is 29.0 Å². The van der Waals surface area contributed by atoms with Crippen molar-refractivity contribution in [2.45, 2.75) is 89.6 Å². The molecule has 2 aromatic rings. The van der Waals surface area contributed by atoms with E-state index in [0.29, 0.717) is 32.4 Å². The predicted octanol–water partition coefficient (Wildman–Crippen LogP) is 1.92. The van der Waals surface area contributed by atoms with E-state index in [0.717, 1.165) is 43.8 Å². The number of hydrogen-bond donors (Lipinski definition) is 3. The van der Waals surface area contributed by atoms with Gasteiger partial charge >= 0.3 is 0 Å². The lowest BCUT2D eigenvalue weighted by atomic mass is 9.98. The predicted molar refractivity (Wildman–Crippen MR) is 170 cm³/mol. The molecular formula is C34H48N6O5. The second kappa shape index (κ2) is 15.1. The van der Waals surface area contributed by atoms with Gasteiger partial charge in [0, 0.05) is 38.3 Å². The molecule has 4 amide bonds. The number of carbonyl (C=O) groups excluding carboxylic acids is 4. The molecule has 0 bridgehead atoms. The van der Waals surface area contributed by atoms with Crippen molar-refractivity contribution in [2.24, 2.45) is 5.92 Å². The van der Waals surface area contributed by atoms with E-state index in [2.05, 4.69) is 25.8 Å². The fourth-order valence-electron chi connectivity index (χ4n) is 6.91. The van der Waals surface area contributed by atoms with E-state index in [1.165, 1.54) is 0 Å². The van der Waals surface area contributed by atoms with Crippen LogP contribution in [0.15, 0.2) is 53.1 Å². The number of amides is 4. The monoisotopic (exact) mass is 620 g/mol. The van der Waals surface area contributed by atoms with E-state index < -0.39 is 18.1 Å². The Morgan fingerprint density at radius 3 is 2.33 bits per heavy atom. The number of benzene rings is 1. The van der Waals surface area contributed by atoms with Gasteiger partial charge in [-0.2, -0.15) is 0 Å². The highest BCUT2D eigenvalue weighted by Gasteiger charge is 2.39. The molecule has 3 fully saturated rings. The fraction of sp³-hybridized carbons (Fsp3) is 0.588. The third-order valence-electron chi connectivity index (χ3n) is 9.34. The number of furan rings is 1. The van der Waals surface area contributed by atoms with Gasteiger partial charge in [-0.05, 0) is 62.6 Å². The minimum absolute atomic E-state index is 0.107. The summed E-state index contributed by atoms with van der Waals surface area (Å²) in [5.41, 5.74) is 1.07. The fourth-order valence-corrected chi connectivity index (χ4v) is 6.91. The topological polar surface area (TPSA) is 127 Å². The van der Waals surface area contributed by atoms with Crippen LogP contribution >= 0.6 is 0 Å². The largest absolute Gasteiger partial charge is 0.468 e. The lowest BCUT2D eigenvalue weighted by Crippen LogP contribution is -2.58. The molecule has 0 unspecified atom stereocenters. The van der Waals surface area contributed by atoms with E-state index in [-0.39, 0.29) is 48.2 Å². The van der Waals surface area contributed by atoms with Crippen LogP contribution in [-0.2, 0) is 32.1 Å². The number of nitrogens with one attached hydrogen (secondary N) is 3. The van der Waals surface area contributed by atoms with Crippen LogP contribution < -0.4 is 16.0 Å². The first-order valence-corrected chi connectivity index (χ1v) is 16.4. The molecule has 45 heavy (non-hydrogen) atoms. The maximum absolute atomic E-state index is 13.9. The molecule has 3 aliphatic rings. The first-order chi connectivity index (χ1) is 21.7.